The van der Waals surface area contributed by atoms with Crippen molar-refractivity contribution in [3.05, 3.63) is 83.9 Å². The van der Waals surface area contributed by atoms with Crippen molar-refractivity contribution in [1.29, 1.82) is 0 Å². The zero-order valence-corrected chi connectivity index (χ0v) is 12.8. The predicted octanol–water partition coefficient (Wildman–Crippen LogP) is 4.70. The molecule has 0 saturated heterocycles. The molecule has 2 aliphatic heterocycles. The Kier molecular flexibility index (Phi) is 2.03. The van der Waals surface area contributed by atoms with Crippen molar-refractivity contribution in [3.8, 4) is 0 Å². The standard InChI is InChI=1S/C21H18N2/c1-3-7-14(8-4-1)20-16-11-12-17(16)21(23-22-20,19-13-18(19)20)15-9-5-2-6-10-15/h1-12,16-19H,13H2/t16-,17-,18-,19-,20-,21-/m1/s1. The summed E-state index contributed by atoms with van der Waals surface area (Å²) in [6.07, 6.45) is 6.04. The SMILES string of the molecule is C1=C[C@@H]2[C@@H]1[C@@]1(c3ccccc3)N=N[C@@]2(c2ccccc2)[C@@H]2C[C@H]21. The monoisotopic (exact) mass is 298 g/mol. The van der Waals surface area contributed by atoms with Crippen molar-refractivity contribution in [2.24, 2.45) is 33.9 Å². The van der Waals surface area contributed by atoms with Crippen LogP contribution in [0.3, 0.4) is 0 Å². The fourth-order valence-corrected chi connectivity index (χ4v) is 5.62. The van der Waals surface area contributed by atoms with Gasteiger partial charge in [-0.2, -0.15) is 10.2 Å². The number of hydrogen-bond donors (Lipinski definition) is 0. The van der Waals surface area contributed by atoms with Gasteiger partial charge in [-0.15, -0.1) is 0 Å². The van der Waals surface area contributed by atoms with Crippen molar-refractivity contribution >= 4 is 0 Å². The number of benzene rings is 2. The van der Waals surface area contributed by atoms with Crippen LogP contribution in [0.5, 0.6) is 0 Å². The van der Waals surface area contributed by atoms with Crippen LogP contribution in [0.4, 0.5) is 0 Å². The van der Waals surface area contributed by atoms with E-state index in [-0.39, 0.29) is 11.1 Å². The molecule has 0 N–H and O–H groups in total. The van der Waals surface area contributed by atoms with Crippen molar-refractivity contribution in [2.75, 3.05) is 0 Å². The van der Waals surface area contributed by atoms with E-state index in [0.717, 1.165) is 0 Å². The molecular weight excluding hydrogens is 280 g/mol. The molecule has 2 aromatic carbocycles. The van der Waals surface area contributed by atoms with Crippen LogP contribution in [0.1, 0.15) is 17.5 Å². The molecule has 2 nitrogen and oxygen atoms in total. The predicted molar refractivity (Wildman–Crippen MR) is 88.8 cm³/mol. The summed E-state index contributed by atoms with van der Waals surface area (Å²) < 4.78 is 0. The van der Waals surface area contributed by atoms with E-state index in [1.807, 2.05) is 0 Å². The second-order valence-electron chi connectivity index (χ2n) is 7.47. The molecule has 7 rings (SSSR count). The van der Waals surface area contributed by atoms with Gasteiger partial charge in [-0.3, -0.25) is 0 Å². The lowest BCUT2D eigenvalue weighted by atomic mass is 9.51. The van der Waals surface area contributed by atoms with E-state index in [0.29, 0.717) is 23.7 Å². The molecule has 0 spiro atoms. The van der Waals surface area contributed by atoms with Gasteiger partial charge < -0.3 is 0 Å². The Hall–Kier alpha value is -2.22. The Bertz CT molecular complexity index is 771. The highest BCUT2D eigenvalue weighted by Crippen LogP contribution is 2.77. The number of hydrogen-bond acceptors (Lipinski definition) is 2. The minimum atomic E-state index is -0.0954. The average molecular weight is 298 g/mol. The number of nitrogens with zero attached hydrogens (tertiary/aromatic N) is 2. The highest BCUT2D eigenvalue weighted by atomic mass is 15.3. The fraction of sp³-hybridized carbons (Fsp3) is 0.333. The molecule has 3 aliphatic carbocycles. The first-order valence-electron chi connectivity index (χ1n) is 8.61. The van der Waals surface area contributed by atoms with Gasteiger partial charge in [-0.1, -0.05) is 72.8 Å². The van der Waals surface area contributed by atoms with E-state index in [1.54, 1.807) is 0 Å². The first-order valence-corrected chi connectivity index (χ1v) is 8.61. The zero-order valence-electron chi connectivity index (χ0n) is 12.8. The van der Waals surface area contributed by atoms with E-state index < -0.39 is 0 Å². The van der Waals surface area contributed by atoms with E-state index in [9.17, 15) is 0 Å². The largest absolute Gasteiger partial charge is 0.181 e. The van der Waals surface area contributed by atoms with Gasteiger partial charge in [0.15, 0.2) is 0 Å². The molecule has 23 heavy (non-hydrogen) atoms. The fourth-order valence-electron chi connectivity index (χ4n) is 5.62. The van der Waals surface area contributed by atoms with Gasteiger partial charge in [-0.25, -0.2) is 0 Å². The minimum Gasteiger partial charge on any atom is -0.181 e. The third kappa shape index (κ3) is 1.21. The molecule has 2 saturated carbocycles. The van der Waals surface area contributed by atoms with Crippen LogP contribution in [0.2, 0.25) is 0 Å². The molecule has 2 heteroatoms. The molecule has 2 aromatic rings. The summed E-state index contributed by atoms with van der Waals surface area (Å²) in [5.74, 6) is 2.31. The lowest BCUT2D eigenvalue weighted by Crippen LogP contribution is -2.58. The molecule has 2 bridgehead atoms. The van der Waals surface area contributed by atoms with Crippen LogP contribution in [-0.2, 0) is 11.1 Å². The Balaban J connectivity index is 1.60. The van der Waals surface area contributed by atoms with Crippen molar-refractivity contribution in [2.45, 2.75) is 17.5 Å². The lowest BCUT2D eigenvalue weighted by Gasteiger charge is -2.58. The van der Waals surface area contributed by atoms with Gasteiger partial charge in [0.2, 0.25) is 0 Å². The summed E-state index contributed by atoms with van der Waals surface area (Å²) in [4.78, 5) is 0. The van der Waals surface area contributed by atoms with Crippen LogP contribution >= 0.6 is 0 Å². The molecule has 2 fully saturated rings. The summed E-state index contributed by atoms with van der Waals surface area (Å²) in [5, 5.41) is 10.1. The quantitative estimate of drug-likeness (QED) is 0.718. The van der Waals surface area contributed by atoms with Gasteiger partial charge in [0.1, 0.15) is 11.1 Å². The number of azo groups is 1. The Morgan fingerprint density at radius 3 is 1.48 bits per heavy atom. The maximum absolute atomic E-state index is 5.03. The highest BCUT2D eigenvalue weighted by molar-refractivity contribution is 5.47. The topological polar surface area (TPSA) is 24.7 Å². The first kappa shape index (κ1) is 12.2. The normalized spacial score (nSPS) is 44.3. The van der Waals surface area contributed by atoms with Crippen LogP contribution in [0, 0.1) is 23.7 Å². The third-order valence-corrected chi connectivity index (χ3v) is 6.70. The summed E-state index contributed by atoms with van der Waals surface area (Å²) in [6, 6.07) is 21.7. The Morgan fingerprint density at radius 1 is 0.652 bits per heavy atom. The Morgan fingerprint density at radius 2 is 1.09 bits per heavy atom. The van der Waals surface area contributed by atoms with Crippen LogP contribution in [0.25, 0.3) is 0 Å². The molecule has 6 atom stereocenters. The second kappa shape index (κ2) is 3.81. The molecule has 112 valence electrons. The van der Waals surface area contributed by atoms with Gasteiger partial charge >= 0.3 is 0 Å². The van der Waals surface area contributed by atoms with E-state index in [4.69, 9.17) is 10.2 Å². The smallest absolute Gasteiger partial charge is 0.116 e. The van der Waals surface area contributed by atoms with Gasteiger partial charge in [-0.05, 0) is 29.4 Å². The van der Waals surface area contributed by atoms with Crippen molar-refractivity contribution in [1.82, 2.24) is 0 Å². The Labute approximate surface area is 136 Å². The van der Waals surface area contributed by atoms with E-state index in [2.05, 4.69) is 72.8 Å². The van der Waals surface area contributed by atoms with E-state index in [1.165, 1.54) is 17.5 Å². The number of rotatable bonds is 2. The van der Waals surface area contributed by atoms with Crippen molar-refractivity contribution in [3.63, 3.8) is 0 Å². The summed E-state index contributed by atoms with van der Waals surface area (Å²) >= 11 is 0. The minimum absolute atomic E-state index is 0.0954. The first-order chi connectivity index (χ1) is 11.4. The molecule has 5 aliphatic rings. The van der Waals surface area contributed by atoms with E-state index >= 15 is 0 Å². The van der Waals surface area contributed by atoms with Gasteiger partial charge in [0.05, 0.1) is 0 Å². The molecule has 2 heterocycles. The highest BCUT2D eigenvalue weighted by Gasteiger charge is 2.77. The molecule has 0 unspecified atom stereocenters. The summed E-state index contributed by atoms with van der Waals surface area (Å²) in [6.45, 7) is 0. The lowest BCUT2D eigenvalue weighted by molar-refractivity contribution is 0.0165. The van der Waals surface area contributed by atoms with Crippen LogP contribution < -0.4 is 0 Å². The molecule has 0 amide bonds. The van der Waals surface area contributed by atoms with Gasteiger partial charge in [0.25, 0.3) is 0 Å². The summed E-state index contributed by atoms with van der Waals surface area (Å²) in [5.41, 5.74) is 2.53. The third-order valence-electron chi connectivity index (χ3n) is 6.70. The zero-order chi connectivity index (χ0) is 15.1. The van der Waals surface area contributed by atoms with Crippen LogP contribution in [0.15, 0.2) is 83.0 Å². The maximum atomic E-state index is 5.03. The summed E-state index contributed by atoms with van der Waals surface area (Å²) in [7, 11) is 0. The van der Waals surface area contributed by atoms with Crippen molar-refractivity contribution < 1.29 is 0 Å². The molecule has 0 radical (unpaired) electrons. The molecular formula is C21H18N2. The van der Waals surface area contributed by atoms with Gasteiger partial charge in [0, 0.05) is 11.8 Å². The van der Waals surface area contributed by atoms with Crippen LogP contribution in [-0.4, -0.2) is 0 Å². The molecule has 0 aromatic heterocycles. The maximum Gasteiger partial charge on any atom is 0.116 e. The second-order valence-corrected chi connectivity index (χ2v) is 7.47. The average Bonchev–Trinajstić information content (AvgIpc) is 3.39.